The third-order valence-electron chi connectivity index (χ3n) is 2.50. The number of hydrogen-bond donors (Lipinski definition) is 3. The first-order chi connectivity index (χ1) is 10.1. The van der Waals surface area contributed by atoms with Gasteiger partial charge in [-0.3, -0.25) is 15.6 Å². The van der Waals surface area contributed by atoms with E-state index in [1.807, 2.05) is 20.8 Å². The summed E-state index contributed by atoms with van der Waals surface area (Å²) in [5.41, 5.74) is 4.68. The predicted molar refractivity (Wildman–Crippen MR) is 89.9 cm³/mol. The lowest BCUT2D eigenvalue weighted by Gasteiger charge is -2.23. The number of rotatable bonds is 4. The molecule has 1 aromatic carbocycles. The van der Waals surface area contributed by atoms with Crippen molar-refractivity contribution in [3.05, 3.63) is 30.3 Å². The van der Waals surface area contributed by atoms with Crippen LogP contribution < -0.4 is 16.2 Å². The number of amides is 1. The average Bonchev–Trinajstić information content (AvgIpc) is 2.42. The zero-order valence-corrected chi connectivity index (χ0v) is 14.5. The zero-order chi connectivity index (χ0) is 16.8. The standard InChI is InChI=1S/C14H21N3O3S2/c1-14(2,3)15-13(21)17-16-12(18)9-10-22(19,20)11-7-5-4-6-8-11/h4-8H,9-10H2,1-3H3,(H,16,18)(H2,15,17,21). The number of benzene rings is 1. The minimum Gasteiger partial charge on any atom is -0.357 e. The van der Waals surface area contributed by atoms with Crippen LogP contribution in [-0.2, 0) is 14.6 Å². The van der Waals surface area contributed by atoms with Crippen molar-refractivity contribution in [2.75, 3.05) is 5.75 Å². The summed E-state index contributed by atoms with van der Waals surface area (Å²) in [6.07, 6.45) is -0.150. The Balaban J connectivity index is 2.42. The van der Waals surface area contributed by atoms with Crippen LogP contribution in [0.1, 0.15) is 27.2 Å². The lowest BCUT2D eigenvalue weighted by atomic mass is 10.1. The van der Waals surface area contributed by atoms with E-state index in [9.17, 15) is 13.2 Å². The largest absolute Gasteiger partial charge is 0.357 e. The monoisotopic (exact) mass is 343 g/mol. The fraction of sp³-hybridized carbons (Fsp3) is 0.429. The second-order valence-electron chi connectivity index (χ2n) is 5.76. The minimum atomic E-state index is -3.46. The molecular weight excluding hydrogens is 322 g/mol. The Hall–Kier alpha value is -1.67. The molecule has 0 bridgehead atoms. The first-order valence-electron chi connectivity index (χ1n) is 6.75. The predicted octanol–water partition coefficient (Wildman–Crippen LogP) is 1.14. The van der Waals surface area contributed by atoms with Gasteiger partial charge in [0.15, 0.2) is 14.9 Å². The molecule has 0 radical (unpaired) electrons. The van der Waals surface area contributed by atoms with Crippen molar-refractivity contribution in [3.8, 4) is 0 Å². The van der Waals surface area contributed by atoms with Crippen molar-refractivity contribution in [3.63, 3.8) is 0 Å². The molecule has 0 saturated carbocycles. The van der Waals surface area contributed by atoms with Gasteiger partial charge in [0.05, 0.1) is 10.6 Å². The Kier molecular flexibility index (Phi) is 6.31. The lowest BCUT2D eigenvalue weighted by molar-refractivity contribution is -0.121. The van der Waals surface area contributed by atoms with Gasteiger partial charge in [0.1, 0.15) is 0 Å². The Labute approximate surface area is 136 Å². The molecule has 0 atom stereocenters. The molecule has 3 N–H and O–H groups in total. The van der Waals surface area contributed by atoms with Gasteiger partial charge < -0.3 is 5.32 Å². The number of carbonyl (C=O) groups is 1. The van der Waals surface area contributed by atoms with Gasteiger partial charge in [-0.05, 0) is 45.1 Å². The molecule has 0 aliphatic rings. The summed E-state index contributed by atoms with van der Waals surface area (Å²) in [6.45, 7) is 5.78. The van der Waals surface area contributed by atoms with Gasteiger partial charge in [-0.15, -0.1) is 0 Å². The SMILES string of the molecule is CC(C)(C)NC(=S)NNC(=O)CCS(=O)(=O)c1ccccc1. The first-order valence-corrected chi connectivity index (χ1v) is 8.81. The molecule has 1 amide bonds. The van der Waals surface area contributed by atoms with E-state index in [-0.39, 0.29) is 27.7 Å². The van der Waals surface area contributed by atoms with Crippen LogP contribution in [0, 0.1) is 0 Å². The number of hydrazine groups is 1. The maximum atomic E-state index is 12.0. The van der Waals surface area contributed by atoms with E-state index in [1.54, 1.807) is 18.2 Å². The lowest BCUT2D eigenvalue weighted by Crippen LogP contribution is -2.52. The second kappa shape index (κ2) is 7.55. The van der Waals surface area contributed by atoms with Gasteiger partial charge in [0, 0.05) is 12.0 Å². The van der Waals surface area contributed by atoms with E-state index in [2.05, 4.69) is 16.2 Å². The molecule has 1 aromatic rings. The number of sulfone groups is 1. The number of thiocarbonyl (C=S) groups is 1. The third kappa shape index (κ3) is 6.86. The van der Waals surface area contributed by atoms with E-state index >= 15 is 0 Å². The van der Waals surface area contributed by atoms with E-state index in [4.69, 9.17) is 12.2 Å². The summed E-state index contributed by atoms with van der Waals surface area (Å²) >= 11 is 5.00. The van der Waals surface area contributed by atoms with E-state index in [0.717, 1.165) is 0 Å². The van der Waals surface area contributed by atoms with Crippen LogP contribution in [-0.4, -0.2) is 30.7 Å². The first kappa shape index (κ1) is 18.4. The zero-order valence-electron chi connectivity index (χ0n) is 12.8. The van der Waals surface area contributed by atoms with Crippen LogP contribution in [0.25, 0.3) is 0 Å². The molecule has 8 heteroatoms. The molecular formula is C14H21N3O3S2. The second-order valence-corrected chi connectivity index (χ2v) is 8.28. The Morgan fingerprint density at radius 1 is 1.14 bits per heavy atom. The van der Waals surface area contributed by atoms with E-state index in [1.165, 1.54) is 12.1 Å². The molecule has 122 valence electrons. The van der Waals surface area contributed by atoms with Crippen molar-refractivity contribution in [2.24, 2.45) is 0 Å². The molecule has 0 aliphatic carbocycles. The maximum Gasteiger partial charge on any atom is 0.239 e. The molecule has 0 aliphatic heterocycles. The van der Waals surface area contributed by atoms with Crippen LogP contribution in [0.2, 0.25) is 0 Å². The van der Waals surface area contributed by atoms with Crippen LogP contribution >= 0.6 is 12.2 Å². The van der Waals surface area contributed by atoms with Gasteiger partial charge >= 0.3 is 0 Å². The summed E-state index contributed by atoms with van der Waals surface area (Å²) in [6, 6.07) is 8.04. The van der Waals surface area contributed by atoms with Crippen LogP contribution in [0.15, 0.2) is 35.2 Å². The van der Waals surface area contributed by atoms with Crippen LogP contribution in [0.4, 0.5) is 0 Å². The molecule has 1 rings (SSSR count). The quantitative estimate of drug-likeness (QED) is 0.561. The van der Waals surface area contributed by atoms with Crippen molar-refractivity contribution in [1.29, 1.82) is 0 Å². The Bertz CT molecular complexity index is 622. The molecule has 0 spiro atoms. The summed E-state index contributed by atoms with van der Waals surface area (Å²) in [5, 5.41) is 3.23. The highest BCUT2D eigenvalue weighted by atomic mass is 32.2. The highest BCUT2D eigenvalue weighted by Crippen LogP contribution is 2.10. The van der Waals surface area contributed by atoms with Crippen LogP contribution in [0.3, 0.4) is 0 Å². The smallest absolute Gasteiger partial charge is 0.239 e. The fourth-order valence-electron chi connectivity index (χ4n) is 1.53. The third-order valence-corrected chi connectivity index (χ3v) is 4.44. The van der Waals surface area contributed by atoms with Crippen molar-refractivity contribution in [2.45, 2.75) is 37.6 Å². The van der Waals surface area contributed by atoms with Crippen LogP contribution in [0.5, 0.6) is 0 Å². The van der Waals surface area contributed by atoms with Gasteiger partial charge in [0.25, 0.3) is 0 Å². The van der Waals surface area contributed by atoms with E-state index in [0.29, 0.717) is 0 Å². The average molecular weight is 343 g/mol. The van der Waals surface area contributed by atoms with Crippen molar-refractivity contribution >= 4 is 33.1 Å². The molecule has 0 saturated heterocycles. The normalized spacial score (nSPS) is 11.6. The Morgan fingerprint density at radius 2 is 1.73 bits per heavy atom. The molecule has 0 aromatic heterocycles. The minimum absolute atomic E-state index is 0.150. The maximum absolute atomic E-state index is 12.0. The summed E-state index contributed by atoms with van der Waals surface area (Å²) in [5.74, 6) is -0.707. The molecule has 0 unspecified atom stereocenters. The van der Waals surface area contributed by atoms with Gasteiger partial charge in [-0.2, -0.15) is 0 Å². The van der Waals surface area contributed by atoms with Crippen molar-refractivity contribution in [1.82, 2.24) is 16.2 Å². The summed E-state index contributed by atoms with van der Waals surface area (Å²) in [4.78, 5) is 11.9. The number of carbonyl (C=O) groups excluding carboxylic acids is 1. The van der Waals surface area contributed by atoms with Gasteiger partial charge in [-0.1, -0.05) is 18.2 Å². The molecule has 22 heavy (non-hydrogen) atoms. The topological polar surface area (TPSA) is 87.3 Å². The van der Waals surface area contributed by atoms with Crippen molar-refractivity contribution < 1.29 is 13.2 Å². The van der Waals surface area contributed by atoms with E-state index < -0.39 is 15.7 Å². The Morgan fingerprint density at radius 3 is 2.27 bits per heavy atom. The van der Waals surface area contributed by atoms with Gasteiger partial charge in [-0.25, -0.2) is 8.42 Å². The number of hydrogen-bond acceptors (Lipinski definition) is 4. The molecule has 0 fully saturated rings. The highest BCUT2D eigenvalue weighted by molar-refractivity contribution is 7.91. The highest BCUT2D eigenvalue weighted by Gasteiger charge is 2.16. The van der Waals surface area contributed by atoms with Gasteiger partial charge in [0.2, 0.25) is 5.91 Å². The molecule has 6 nitrogen and oxygen atoms in total. The fourth-order valence-corrected chi connectivity index (χ4v) is 3.15. The molecule has 0 heterocycles. The number of nitrogens with one attached hydrogen (secondary N) is 3. The summed E-state index contributed by atoms with van der Waals surface area (Å²) in [7, 11) is -3.46. The summed E-state index contributed by atoms with van der Waals surface area (Å²) < 4.78 is 24.0.